The molecule has 5 aliphatic rings. The second-order valence-corrected chi connectivity index (χ2v) is 13.5. The van der Waals surface area contributed by atoms with Crippen LogP contribution in [-0.4, -0.2) is 63.6 Å². The summed E-state index contributed by atoms with van der Waals surface area (Å²) in [5, 5.41) is 21.3. The van der Waals surface area contributed by atoms with Crippen molar-refractivity contribution in [1.82, 2.24) is 0 Å². The highest BCUT2D eigenvalue weighted by Crippen LogP contribution is 2.72. The first kappa shape index (κ1) is 30.5. The number of allylic oxidation sites excluding steroid dienone is 4. The van der Waals surface area contributed by atoms with Crippen LogP contribution in [-0.2, 0) is 35.2 Å². The predicted molar refractivity (Wildman–Crippen MR) is 150 cm³/mol. The lowest BCUT2D eigenvalue weighted by Gasteiger charge is -2.62. The van der Waals surface area contributed by atoms with Crippen LogP contribution in [0.3, 0.4) is 0 Å². The molecule has 0 bridgehead atoms. The molecule has 1 N–H and O–H groups in total. The molecule has 4 fully saturated rings. The number of halogens is 1. The molecule has 0 amide bonds. The van der Waals surface area contributed by atoms with Crippen molar-refractivity contribution >= 4 is 17.5 Å². The summed E-state index contributed by atoms with van der Waals surface area (Å²) >= 11 is 0. The number of esters is 1. The average Bonchev–Trinajstić information content (AvgIpc) is 3.37. The number of aliphatic hydroxyl groups excluding tert-OH is 1. The molecule has 0 aromatic heterocycles. The van der Waals surface area contributed by atoms with Gasteiger partial charge in [-0.25, -0.2) is 9.18 Å². The third kappa shape index (κ3) is 4.21. The molecule has 8 atom stereocenters. The van der Waals surface area contributed by atoms with E-state index in [9.17, 15) is 29.6 Å². The second-order valence-electron chi connectivity index (χ2n) is 13.5. The summed E-state index contributed by atoms with van der Waals surface area (Å²) in [6.45, 7) is 5.90. The smallest absolute Gasteiger partial charge is 0.338 e. The third-order valence-electron chi connectivity index (χ3n) is 10.9. The van der Waals surface area contributed by atoms with Crippen molar-refractivity contribution in [3.63, 3.8) is 0 Å². The Kier molecular flexibility index (Phi) is 6.95. The van der Waals surface area contributed by atoms with Gasteiger partial charge in [0, 0.05) is 16.7 Å². The number of carbonyl (C=O) groups excluding carboxylic acids is 3. The molecule has 236 valence electrons. The van der Waals surface area contributed by atoms with E-state index >= 15 is 4.39 Å². The van der Waals surface area contributed by atoms with Gasteiger partial charge in [-0.1, -0.05) is 30.7 Å². The Morgan fingerprint density at radius 1 is 1.20 bits per heavy atom. The van der Waals surface area contributed by atoms with Crippen LogP contribution >= 0.6 is 0 Å². The van der Waals surface area contributed by atoms with E-state index in [1.165, 1.54) is 30.4 Å². The lowest BCUT2D eigenvalue weighted by atomic mass is 9.44. The molecule has 1 aromatic carbocycles. The van der Waals surface area contributed by atoms with E-state index < -0.39 is 75.4 Å². The summed E-state index contributed by atoms with van der Waals surface area (Å²) < 4.78 is 35.7. The van der Waals surface area contributed by atoms with Gasteiger partial charge in [0.2, 0.25) is 5.78 Å². The van der Waals surface area contributed by atoms with Crippen LogP contribution in [0.1, 0.15) is 69.3 Å². The summed E-state index contributed by atoms with van der Waals surface area (Å²) in [6.07, 6.45) is 3.20. The number of benzene rings is 1. The number of hydrogen-bond donors (Lipinski definition) is 1. The molecule has 0 radical (unpaired) electrons. The van der Waals surface area contributed by atoms with E-state index in [1.54, 1.807) is 32.9 Å². The first-order chi connectivity index (χ1) is 20.6. The number of carbonyl (C=O) groups is 3. The molecule has 3 saturated carbocycles. The maximum Gasteiger partial charge on any atom is 0.338 e. The number of ketones is 2. The predicted octanol–water partition coefficient (Wildman–Crippen LogP) is 3.99. The number of rotatable bonds is 7. The average molecular weight is 614 g/mol. The fourth-order valence-electron chi connectivity index (χ4n) is 9.05. The summed E-state index contributed by atoms with van der Waals surface area (Å²) in [7, 11) is 0. The lowest BCUT2D eigenvalue weighted by molar-refractivity contribution is -0.763. The zero-order valence-corrected chi connectivity index (χ0v) is 25.0. The normalized spacial score (nSPS) is 39.8. The number of ether oxygens (including phenoxy) is 3. The Morgan fingerprint density at radius 2 is 1.95 bits per heavy atom. The molecule has 1 heterocycles. The number of Topliss-reactive ketones (excluding diaryl/α,β-unsaturated/α-hetero) is 1. The summed E-state index contributed by atoms with van der Waals surface area (Å²) in [5.41, 5.74) is -4.87. The van der Waals surface area contributed by atoms with Crippen molar-refractivity contribution in [2.45, 2.75) is 89.2 Å². The SMILES string of the molecule is CC1(C)O[C@@H]2C[C@H]3C4CCC5=CC(=O)C=C[C@]5(C)[C@@]4(F)[C@@H](O)C[C@]3(C)[C@]2(C(=O)COC(=O)c2cccc(CO[N+](=O)[O-])c2)O1. The minimum absolute atomic E-state index is 0.0735. The molecule has 1 aromatic rings. The molecule has 44 heavy (non-hydrogen) atoms. The molecule has 4 aliphatic carbocycles. The van der Waals surface area contributed by atoms with Crippen LogP contribution < -0.4 is 0 Å². The van der Waals surface area contributed by atoms with Gasteiger partial charge in [-0.3, -0.25) is 9.59 Å². The van der Waals surface area contributed by atoms with Crippen molar-refractivity contribution in [3.05, 3.63) is 69.3 Å². The van der Waals surface area contributed by atoms with Gasteiger partial charge < -0.3 is 24.2 Å². The fourth-order valence-corrected chi connectivity index (χ4v) is 9.05. The maximum absolute atomic E-state index is 17.6. The molecule has 0 spiro atoms. The van der Waals surface area contributed by atoms with E-state index in [0.29, 0.717) is 30.4 Å². The number of nitrogens with zero attached hydrogens (tertiary/aromatic N) is 1. The highest BCUT2D eigenvalue weighted by Gasteiger charge is 2.80. The second kappa shape index (κ2) is 10.0. The van der Waals surface area contributed by atoms with Crippen LogP contribution in [0.25, 0.3) is 0 Å². The van der Waals surface area contributed by atoms with Crippen LogP contribution in [0.5, 0.6) is 0 Å². The van der Waals surface area contributed by atoms with E-state index in [-0.39, 0.29) is 24.4 Å². The van der Waals surface area contributed by atoms with E-state index in [2.05, 4.69) is 4.84 Å². The van der Waals surface area contributed by atoms with Crippen molar-refractivity contribution in [3.8, 4) is 0 Å². The van der Waals surface area contributed by atoms with Crippen LogP contribution in [0.2, 0.25) is 0 Å². The van der Waals surface area contributed by atoms with Crippen molar-refractivity contribution in [2.75, 3.05) is 6.61 Å². The van der Waals surface area contributed by atoms with Gasteiger partial charge in [0.15, 0.2) is 29.4 Å². The van der Waals surface area contributed by atoms with Crippen molar-refractivity contribution in [2.24, 2.45) is 22.7 Å². The largest absolute Gasteiger partial charge is 0.454 e. The topological polar surface area (TPSA) is 152 Å². The summed E-state index contributed by atoms with van der Waals surface area (Å²) in [4.78, 5) is 54.2. The summed E-state index contributed by atoms with van der Waals surface area (Å²) in [5.74, 6) is -3.82. The Balaban J connectivity index is 1.29. The van der Waals surface area contributed by atoms with E-state index in [4.69, 9.17) is 14.2 Å². The molecular formula is C32H36FNO10. The lowest BCUT2D eigenvalue weighted by Crippen LogP contribution is -2.70. The Bertz CT molecular complexity index is 1510. The van der Waals surface area contributed by atoms with Crippen LogP contribution in [0.4, 0.5) is 4.39 Å². The summed E-state index contributed by atoms with van der Waals surface area (Å²) in [6, 6.07) is 5.89. The van der Waals surface area contributed by atoms with Gasteiger partial charge in [-0.15, -0.1) is 10.1 Å². The number of fused-ring (bicyclic) bond motifs is 7. The Labute approximate surface area is 253 Å². The van der Waals surface area contributed by atoms with Gasteiger partial charge in [0.05, 0.1) is 17.8 Å². The Morgan fingerprint density at radius 3 is 2.68 bits per heavy atom. The Hall–Kier alpha value is -3.48. The zero-order valence-electron chi connectivity index (χ0n) is 25.0. The molecule has 1 aliphatic heterocycles. The maximum atomic E-state index is 17.6. The molecule has 1 saturated heterocycles. The van der Waals surface area contributed by atoms with Crippen LogP contribution in [0, 0.1) is 32.8 Å². The molecule has 11 nitrogen and oxygen atoms in total. The van der Waals surface area contributed by atoms with Gasteiger partial charge in [-0.2, -0.15) is 0 Å². The van der Waals surface area contributed by atoms with E-state index in [1.807, 2.05) is 6.92 Å². The molecule has 1 unspecified atom stereocenters. The van der Waals surface area contributed by atoms with Crippen molar-refractivity contribution in [1.29, 1.82) is 0 Å². The molecular weight excluding hydrogens is 577 g/mol. The minimum Gasteiger partial charge on any atom is -0.454 e. The first-order valence-electron chi connectivity index (χ1n) is 14.8. The van der Waals surface area contributed by atoms with Gasteiger partial charge in [0.25, 0.3) is 5.09 Å². The number of aliphatic hydroxyl groups is 1. The fraction of sp³-hybridized carbons (Fsp3) is 0.594. The zero-order chi connectivity index (χ0) is 31.9. The van der Waals surface area contributed by atoms with E-state index in [0.717, 1.165) is 0 Å². The van der Waals surface area contributed by atoms with Crippen molar-refractivity contribution < 1.29 is 48.0 Å². The molecule has 6 rings (SSSR count). The number of hydrogen-bond acceptors (Lipinski definition) is 10. The highest BCUT2D eigenvalue weighted by molar-refractivity contribution is 6.01. The molecule has 12 heteroatoms. The van der Waals surface area contributed by atoms with Crippen LogP contribution in [0.15, 0.2) is 48.1 Å². The standard InChI is InChI=1S/C32H36FNO10/c1-28(2)43-26-14-23-22-9-8-20-13-21(35)10-11-29(20,3)31(22,33)24(36)15-30(23,4)32(26,44-28)25(37)17-41-27(38)19-7-5-6-18(12-19)16-42-34(39)40/h5-7,10-13,22-24,26,36H,8-9,14-17H2,1-4H3/t22?,23-,24-,26+,29-,30-,31-,32+/m0/s1. The third-order valence-corrected chi connectivity index (χ3v) is 10.9. The van der Waals surface area contributed by atoms with Gasteiger partial charge >= 0.3 is 5.97 Å². The highest BCUT2D eigenvalue weighted by atomic mass is 19.1. The minimum atomic E-state index is -2.09. The van der Waals surface area contributed by atoms with Gasteiger partial charge in [-0.05, 0) is 82.2 Å². The number of alkyl halides is 1. The van der Waals surface area contributed by atoms with Gasteiger partial charge in [0.1, 0.15) is 6.61 Å². The monoisotopic (exact) mass is 613 g/mol. The quantitative estimate of drug-likeness (QED) is 0.272. The first-order valence-corrected chi connectivity index (χ1v) is 14.8.